The van der Waals surface area contributed by atoms with E-state index in [9.17, 15) is 28.8 Å². The van der Waals surface area contributed by atoms with E-state index >= 15 is 0 Å². The number of benzene rings is 2. The summed E-state index contributed by atoms with van der Waals surface area (Å²) in [4.78, 5) is 86.3. The Morgan fingerprint density at radius 2 is 1.29 bits per heavy atom. The molecule has 2 unspecified atom stereocenters. The number of esters is 3. The zero-order valence-corrected chi connectivity index (χ0v) is 36.4. The Morgan fingerprint density at radius 3 is 1.86 bits per heavy atom. The van der Waals surface area contributed by atoms with E-state index in [1.807, 2.05) is 42.5 Å². The summed E-state index contributed by atoms with van der Waals surface area (Å²) in [5, 5.41) is 2.49. The fourth-order valence-corrected chi connectivity index (χ4v) is 6.23. The third-order valence-electron chi connectivity index (χ3n) is 8.43. The second-order valence-corrected chi connectivity index (χ2v) is 18.4. The minimum atomic E-state index is -1.53. The van der Waals surface area contributed by atoms with Crippen molar-refractivity contribution >= 4 is 41.7 Å². The molecule has 1 aliphatic heterocycles. The van der Waals surface area contributed by atoms with E-state index in [1.165, 1.54) is 11.8 Å². The number of anilines is 1. The van der Waals surface area contributed by atoms with E-state index in [-0.39, 0.29) is 19.3 Å². The maximum Gasteiger partial charge on any atom is 0.411 e. The lowest BCUT2D eigenvalue weighted by molar-refractivity contribution is -0.167. The molecule has 320 valence electrons. The van der Waals surface area contributed by atoms with Crippen LogP contribution >= 0.6 is 0 Å². The highest BCUT2D eigenvalue weighted by Gasteiger charge is 2.46. The summed E-state index contributed by atoms with van der Waals surface area (Å²) >= 11 is 0. The maximum atomic E-state index is 14.9. The first-order valence-corrected chi connectivity index (χ1v) is 19.7. The molecule has 3 rings (SSSR count). The lowest BCUT2D eigenvalue weighted by Gasteiger charge is -2.39. The number of aryl methyl sites for hydroxylation is 2. The van der Waals surface area contributed by atoms with Gasteiger partial charge in [0.15, 0.2) is 6.04 Å². The molecule has 58 heavy (non-hydrogen) atoms. The van der Waals surface area contributed by atoms with Gasteiger partial charge in [0.2, 0.25) is 0 Å². The van der Waals surface area contributed by atoms with Gasteiger partial charge < -0.3 is 29.0 Å². The Hall–Kier alpha value is -5.14. The molecule has 0 radical (unpaired) electrons. The van der Waals surface area contributed by atoms with Crippen molar-refractivity contribution in [3.8, 4) is 0 Å². The number of nitrogens with one attached hydrogen (secondary N) is 1. The average molecular weight is 810 g/mol. The number of carbonyl (C=O) groups excluding carboxylic acids is 6. The fourth-order valence-electron chi connectivity index (χ4n) is 6.23. The smallest absolute Gasteiger partial charge is 0.411 e. The Morgan fingerprint density at radius 1 is 0.741 bits per heavy atom. The van der Waals surface area contributed by atoms with Crippen LogP contribution in [0.25, 0.3) is 0 Å². The zero-order chi connectivity index (χ0) is 43.8. The van der Waals surface area contributed by atoms with E-state index in [2.05, 4.69) is 5.32 Å². The lowest BCUT2D eigenvalue weighted by atomic mass is 9.99. The van der Waals surface area contributed by atoms with Gasteiger partial charge >= 0.3 is 30.1 Å². The van der Waals surface area contributed by atoms with Crippen LogP contribution in [0.4, 0.5) is 15.3 Å². The summed E-state index contributed by atoms with van der Waals surface area (Å²) in [5.74, 6) is -3.16. The highest BCUT2D eigenvalue weighted by molar-refractivity contribution is 6.03. The number of hydrogen-bond acceptors (Lipinski definition) is 11. The molecule has 1 heterocycles. The minimum Gasteiger partial charge on any atom is -0.459 e. The number of rotatable bonds is 12. The number of amides is 3. The highest BCUT2D eigenvalue weighted by atomic mass is 16.6. The normalized spacial score (nSPS) is 16.4. The zero-order valence-electron chi connectivity index (χ0n) is 36.4. The standard InChI is InChI=1S/C44H63N3O11/c1-28(35(38(51)56-42(5,6)7)45-39(52)57-43(8,9)10)54-37(50)33(25-23-29-19-15-14-16-20-29)47(40(53)58-44(11,12)13)32-26-24-30-21-17-18-22-31(30)46(36(32)49)27-34(48)55-41(2,3)4/h14-22,28,32-33,35H,23-27H2,1-13H3,(H,45,52)/t28-,32?,33?,35+/m1/s1. The van der Waals surface area contributed by atoms with Gasteiger partial charge in [-0.15, -0.1) is 0 Å². The van der Waals surface area contributed by atoms with Crippen LogP contribution in [0.5, 0.6) is 0 Å². The highest BCUT2D eigenvalue weighted by Crippen LogP contribution is 2.32. The van der Waals surface area contributed by atoms with Crippen molar-refractivity contribution in [3.63, 3.8) is 0 Å². The van der Waals surface area contributed by atoms with Gasteiger partial charge in [-0.05, 0) is 133 Å². The molecule has 0 bridgehead atoms. The Bertz CT molecular complexity index is 1770. The van der Waals surface area contributed by atoms with Gasteiger partial charge in [0.05, 0.1) is 0 Å². The van der Waals surface area contributed by atoms with Crippen molar-refractivity contribution in [2.45, 2.75) is 162 Å². The largest absolute Gasteiger partial charge is 0.459 e. The van der Waals surface area contributed by atoms with Crippen LogP contribution in [0, 0.1) is 0 Å². The molecule has 3 amide bonds. The number of alkyl carbamates (subject to hydrolysis) is 1. The van der Waals surface area contributed by atoms with Crippen LogP contribution in [0.1, 0.15) is 114 Å². The molecule has 0 aromatic heterocycles. The van der Waals surface area contributed by atoms with E-state index < -0.39 is 89.2 Å². The molecular formula is C44H63N3O11. The van der Waals surface area contributed by atoms with Crippen molar-refractivity contribution < 1.29 is 52.5 Å². The van der Waals surface area contributed by atoms with E-state index in [0.29, 0.717) is 12.1 Å². The van der Waals surface area contributed by atoms with Crippen molar-refractivity contribution in [1.82, 2.24) is 10.2 Å². The van der Waals surface area contributed by atoms with Gasteiger partial charge in [-0.25, -0.2) is 19.2 Å². The monoisotopic (exact) mass is 809 g/mol. The number of fused-ring (bicyclic) bond motifs is 1. The first-order chi connectivity index (χ1) is 26.6. The van der Waals surface area contributed by atoms with Gasteiger partial charge in [0, 0.05) is 5.69 Å². The van der Waals surface area contributed by atoms with Crippen molar-refractivity contribution in [1.29, 1.82) is 0 Å². The second-order valence-electron chi connectivity index (χ2n) is 18.4. The minimum absolute atomic E-state index is 0.0335. The molecule has 2 aromatic rings. The third-order valence-corrected chi connectivity index (χ3v) is 8.43. The summed E-state index contributed by atoms with van der Waals surface area (Å²) in [5.41, 5.74) is -1.73. The number of nitrogens with zero attached hydrogens (tertiary/aromatic N) is 2. The second kappa shape index (κ2) is 19.1. The Kier molecular flexibility index (Phi) is 15.5. The topological polar surface area (TPSA) is 167 Å². The van der Waals surface area contributed by atoms with Gasteiger partial charge in [0.25, 0.3) is 5.91 Å². The maximum absolute atomic E-state index is 14.9. The molecule has 0 spiro atoms. The summed E-state index contributed by atoms with van der Waals surface area (Å²) in [6.45, 7) is 21.0. The number of carbonyl (C=O) groups is 6. The molecule has 2 aromatic carbocycles. The van der Waals surface area contributed by atoms with Crippen molar-refractivity contribution in [2.24, 2.45) is 0 Å². The van der Waals surface area contributed by atoms with E-state index in [1.54, 1.807) is 95.2 Å². The Balaban J connectivity index is 2.16. The third kappa shape index (κ3) is 15.0. The number of para-hydroxylation sites is 1. The molecule has 14 nitrogen and oxygen atoms in total. The van der Waals surface area contributed by atoms with Crippen LogP contribution in [-0.4, -0.2) is 94.1 Å². The summed E-state index contributed by atoms with van der Waals surface area (Å²) < 4.78 is 28.5. The molecule has 0 saturated carbocycles. The number of hydrogen-bond donors (Lipinski definition) is 1. The average Bonchev–Trinajstić information content (AvgIpc) is 3.18. The van der Waals surface area contributed by atoms with E-state index in [0.717, 1.165) is 16.0 Å². The Labute approximate surface area is 343 Å². The summed E-state index contributed by atoms with van der Waals surface area (Å²) in [6.07, 6.45) is -2.67. The van der Waals surface area contributed by atoms with Crippen LogP contribution in [-0.2, 0) is 55.7 Å². The number of ether oxygens (including phenoxy) is 5. The summed E-state index contributed by atoms with van der Waals surface area (Å²) in [6, 6.07) is 12.0. The van der Waals surface area contributed by atoms with Gasteiger partial charge in [-0.1, -0.05) is 48.5 Å². The van der Waals surface area contributed by atoms with Crippen LogP contribution in [0.15, 0.2) is 54.6 Å². The molecule has 1 N–H and O–H groups in total. The first-order valence-electron chi connectivity index (χ1n) is 19.7. The quantitative estimate of drug-likeness (QED) is 0.172. The molecule has 0 saturated heterocycles. The predicted octanol–water partition coefficient (Wildman–Crippen LogP) is 7.08. The lowest BCUT2D eigenvalue weighted by Crippen LogP contribution is -2.59. The van der Waals surface area contributed by atoms with Crippen LogP contribution < -0.4 is 10.2 Å². The first kappa shape index (κ1) is 47.2. The van der Waals surface area contributed by atoms with Gasteiger partial charge in [-0.2, -0.15) is 0 Å². The van der Waals surface area contributed by atoms with E-state index in [4.69, 9.17) is 23.7 Å². The van der Waals surface area contributed by atoms with Crippen LogP contribution in [0.3, 0.4) is 0 Å². The molecule has 1 aliphatic rings. The predicted molar refractivity (Wildman–Crippen MR) is 218 cm³/mol. The SMILES string of the molecule is C[C@@H](OC(=O)C(CCc1ccccc1)N(C(=O)OC(C)(C)C)C1CCc2ccccc2N(CC(=O)OC(C)(C)C)C1=O)[C@H](NC(=O)OC(C)(C)C)C(=O)OC(C)(C)C. The molecule has 4 atom stereocenters. The van der Waals surface area contributed by atoms with Crippen molar-refractivity contribution in [3.05, 3.63) is 65.7 Å². The fraction of sp³-hybridized carbons (Fsp3) is 0.591. The van der Waals surface area contributed by atoms with Crippen molar-refractivity contribution in [2.75, 3.05) is 11.4 Å². The molecule has 0 aliphatic carbocycles. The van der Waals surface area contributed by atoms with Gasteiger partial charge in [-0.3, -0.25) is 19.4 Å². The molecule has 14 heteroatoms. The summed E-state index contributed by atoms with van der Waals surface area (Å²) in [7, 11) is 0. The van der Waals surface area contributed by atoms with Gasteiger partial charge in [0.1, 0.15) is 47.1 Å². The molecule has 0 fully saturated rings. The molecular weight excluding hydrogens is 746 g/mol. The van der Waals surface area contributed by atoms with Crippen LogP contribution in [0.2, 0.25) is 0 Å².